The fourth-order valence-corrected chi connectivity index (χ4v) is 4.15. The maximum atomic E-state index is 13.2. The second-order valence-corrected chi connectivity index (χ2v) is 8.17. The van der Waals surface area contributed by atoms with Gasteiger partial charge in [0, 0.05) is 15.8 Å². The second kappa shape index (κ2) is 8.25. The Kier molecular flexibility index (Phi) is 5.53. The van der Waals surface area contributed by atoms with Crippen molar-refractivity contribution in [1.82, 2.24) is 0 Å². The van der Waals surface area contributed by atoms with Gasteiger partial charge in [0.05, 0.1) is 11.7 Å². The van der Waals surface area contributed by atoms with Crippen molar-refractivity contribution in [2.75, 3.05) is 10.6 Å². The average Bonchev–Trinajstić information content (AvgIpc) is 3.43. The first-order valence-corrected chi connectivity index (χ1v) is 10.4. The van der Waals surface area contributed by atoms with Gasteiger partial charge in [-0.1, -0.05) is 40.9 Å². The lowest BCUT2D eigenvalue weighted by molar-refractivity contribution is -0.121. The van der Waals surface area contributed by atoms with E-state index < -0.39 is 5.41 Å². The number of rotatable bonds is 5. The lowest BCUT2D eigenvalue weighted by Gasteiger charge is -2.28. The Bertz CT molecular complexity index is 990. The van der Waals surface area contributed by atoms with Crippen LogP contribution in [0.1, 0.15) is 41.8 Å². The maximum Gasteiger partial charge on any atom is 0.291 e. The van der Waals surface area contributed by atoms with Crippen molar-refractivity contribution in [1.29, 1.82) is 0 Å². The van der Waals surface area contributed by atoms with Crippen molar-refractivity contribution in [2.45, 2.75) is 31.1 Å². The third-order valence-corrected chi connectivity index (χ3v) is 5.96. The molecule has 0 bridgehead atoms. The molecule has 2 aromatic carbocycles. The largest absolute Gasteiger partial charge is 0.459 e. The number of carbonyl (C=O) groups excluding carboxylic acids is 2. The first-order valence-electron chi connectivity index (χ1n) is 9.59. The van der Waals surface area contributed by atoms with Crippen LogP contribution in [0.4, 0.5) is 11.4 Å². The Morgan fingerprint density at radius 3 is 2.07 bits per heavy atom. The third kappa shape index (κ3) is 4.12. The first-order chi connectivity index (χ1) is 14.1. The molecule has 0 aliphatic heterocycles. The van der Waals surface area contributed by atoms with Crippen LogP contribution in [0.2, 0.25) is 0 Å². The van der Waals surface area contributed by atoms with Crippen LogP contribution < -0.4 is 10.6 Å². The van der Waals surface area contributed by atoms with Crippen molar-refractivity contribution < 1.29 is 14.0 Å². The minimum atomic E-state index is -0.493. The molecule has 1 heterocycles. The van der Waals surface area contributed by atoms with Gasteiger partial charge >= 0.3 is 0 Å². The van der Waals surface area contributed by atoms with E-state index in [9.17, 15) is 9.59 Å². The van der Waals surface area contributed by atoms with Gasteiger partial charge in [-0.15, -0.1) is 0 Å². The van der Waals surface area contributed by atoms with E-state index in [4.69, 9.17) is 4.42 Å². The first kappa shape index (κ1) is 19.5. The molecule has 0 unspecified atom stereocenters. The van der Waals surface area contributed by atoms with Gasteiger partial charge in [-0.05, 0) is 66.9 Å². The molecule has 29 heavy (non-hydrogen) atoms. The molecule has 1 saturated carbocycles. The van der Waals surface area contributed by atoms with Gasteiger partial charge in [-0.3, -0.25) is 9.59 Å². The molecular formula is C23H21BrN2O3. The van der Waals surface area contributed by atoms with Crippen LogP contribution in [0.25, 0.3) is 0 Å². The molecule has 4 rings (SSSR count). The summed E-state index contributed by atoms with van der Waals surface area (Å²) in [7, 11) is 0. The fourth-order valence-electron chi connectivity index (χ4n) is 3.88. The molecular weight excluding hydrogens is 432 g/mol. The van der Waals surface area contributed by atoms with Crippen molar-refractivity contribution in [3.05, 3.63) is 82.7 Å². The van der Waals surface area contributed by atoms with E-state index in [2.05, 4.69) is 26.6 Å². The van der Waals surface area contributed by atoms with Crippen molar-refractivity contribution >= 4 is 39.1 Å². The Morgan fingerprint density at radius 1 is 0.862 bits per heavy atom. The number of halogens is 1. The number of benzene rings is 2. The van der Waals surface area contributed by atoms with Crippen LogP contribution in [0.15, 0.2) is 75.8 Å². The van der Waals surface area contributed by atoms with Gasteiger partial charge in [0.1, 0.15) is 0 Å². The number of amides is 2. The number of hydrogen-bond acceptors (Lipinski definition) is 3. The SMILES string of the molecule is O=C(Nc1ccc(NC(=O)C2(c3ccc(Br)cc3)CCCC2)cc1)c1ccco1. The Hall–Kier alpha value is -2.86. The van der Waals surface area contributed by atoms with E-state index in [1.54, 1.807) is 36.4 Å². The minimum Gasteiger partial charge on any atom is -0.459 e. The topological polar surface area (TPSA) is 71.3 Å². The average molecular weight is 453 g/mol. The fraction of sp³-hybridized carbons (Fsp3) is 0.217. The quantitative estimate of drug-likeness (QED) is 0.517. The maximum absolute atomic E-state index is 13.2. The van der Waals surface area contributed by atoms with Crippen LogP contribution in [-0.4, -0.2) is 11.8 Å². The molecule has 3 aromatic rings. The Balaban J connectivity index is 1.47. The lowest BCUT2D eigenvalue weighted by atomic mass is 9.78. The highest BCUT2D eigenvalue weighted by molar-refractivity contribution is 9.10. The predicted octanol–water partition coefficient (Wildman–Crippen LogP) is 5.74. The van der Waals surface area contributed by atoms with E-state index in [0.717, 1.165) is 35.7 Å². The molecule has 0 radical (unpaired) electrons. The van der Waals surface area contributed by atoms with Gasteiger partial charge in [-0.2, -0.15) is 0 Å². The molecule has 6 heteroatoms. The molecule has 0 spiro atoms. The molecule has 5 nitrogen and oxygen atoms in total. The molecule has 2 amide bonds. The molecule has 1 fully saturated rings. The van der Waals surface area contributed by atoms with Gasteiger partial charge in [-0.25, -0.2) is 0 Å². The number of furan rings is 1. The van der Waals surface area contributed by atoms with E-state index in [-0.39, 0.29) is 17.6 Å². The van der Waals surface area contributed by atoms with Crippen LogP contribution in [-0.2, 0) is 10.2 Å². The standard InChI is InChI=1S/C23H21BrN2O3/c24-17-7-5-16(6-8-17)23(13-1-2-14-23)22(28)26-19-11-9-18(10-12-19)25-21(27)20-4-3-15-29-20/h3-12,15H,1-2,13-14H2,(H,25,27)(H,26,28). The molecule has 0 saturated heterocycles. The second-order valence-electron chi connectivity index (χ2n) is 7.26. The highest BCUT2D eigenvalue weighted by Gasteiger charge is 2.42. The van der Waals surface area contributed by atoms with Crippen molar-refractivity contribution in [3.8, 4) is 0 Å². The Labute approximate surface area is 177 Å². The van der Waals surface area contributed by atoms with Gasteiger partial charge in [0.2, 0.25) is 5.91 Å². The lowest BCUT2D eigenvalue weighted by Crippen LogP contribution is -2.37. The minimum absolute atomic E-state index is 0.0182. The molecule has 1 aliphatic rings. The van der Waals surface area contributed by atoms with E-state index in [1.165, 1.54) is 6.26 Å². The van der Waals surface area contributed by atoms with E-state index in [1.807, 2.05) is 24.3 Å². The van der Waals surface area contributed by atoms with Crippen LogP contribution in [0.5, 0.6) is 0 Å². The molecule has 1 aromatic heterocycles. The summed E-state index contributed by atoms with van der Waals surface area (Å²) in [6, 6.07) is 18.4. The number of anilines is 2. The summed E-state index contributed by atoms with van der Waals surface area (Å²) in [5.74, 6) is -0.0447. The summed E-state index contributed by atoms with van der Waals surface area (Å²) in [5, 5.41) is 5.83. The summed E-state index contributed by atoms with van der Waals surface area (Å²) < 4.78 is 6.09. The van der Waals surface area contributed by atoms with Crippen molar-refractivity contribution in [2.24, 2.45) is 0 Å². The van der Waals surface area contributed by atoms with Crippen LogP contribution in [0.3, 0.4) is 0 Å². The highest BCUT2D eigenvalue weighted by atomic mass is 79.9. The van der Waals surface area contributed by atoms with Gasteiger partial charge in [0.25, 0.3) is 5.91 Å². The summed E-state index contributed by atoms with van der Waals surface area (Å²) >= 11 is 3.46. The zero-order chi connectivity index (χ0) is 20.3. The number of hydrogen-bond donors (Lipinski definition) is 2. The van der Waals surface area contributed by atoms with Crippen LogP contribution in [0, 0.1) is 0 Å². The summed E-state index contributed by atoms with van der Waals surface area (Å²) in [5.41, 5.74) is 1.90. The van der Waals surface area contributed by atoms with Gasteiger partial charge in [0.15, 0.2) is 5.76 Å². The zero-order valence-corrected chi connectivity index (χ0v) is 17.4. The zero-order valence-electron chi connectivity index (χ0n) is 15.8. The highest BCUT2D eigenvalue weighted by Crippen LogP contribution is 2.42. The van der Waals surface area contributed by atoms with E-state index >= 15 is 0 Å². The summed E-state index contributed by atoms with van der Waals surface area (Å²) in [6.45, 7) is 0. The monoisotopic (exact) mass is 452 g/mol. The molecule has 2 N–H and O–H groups in total. The normalized spacial score (nSPS) is 15.1. The number of carbonyl (C=O) groups is 2. The molecule has 1 aliphatic carbocycles. The molecule has 148 valence electrons. The predicted molar refractivity (Wildman–Crippen MR) is 116 cm³/mol. The van der Waals surface area contributed by atoms with Crippen LogP contribution >= 0.6 is 15.9 Å². The van der Waals surface area contributed by atoms with Crippen molar-refractivity contribution in [3.63, 3.8) is 0 Å². The summed E-state index contributed by atoms with van der Waals surface area (Å²) in [6.07, 6.45) is 5.23. The van der Waals surface area contributed by atoms with E-state index in [0.29, 0.717) is 11.4 Å². The third-order valence-electron chi connectivity index (χ3n) is 5.43. The smallest absolute Gasteiger partial charge is 0.291 e. The Morgan fingerprint density at radius 2 is 1.48 bits per heavy atom. The number of nitrogens with one attached hydrogen (secondary N) is 2. The van der Waals surface area contributed by atoms with Gasteiger partial charge < -0.3 is 15.1 Å². The molecule has 0 atom stereocenters. The summed E-state index contributed by atoms with van der Waals surface area (Å²) in [4.78, 5) is 25.3.